The maximum absolute atomic E-state index is 11.4. The van der Waals surface area contributed by atoms with Crippen molar-refractivity contribution in [3.05, 3.63) is 12.3 Å². The largest absolute Gasteiger partial charge is 0.497 e. The zero-order chi connectivity index (χ0) is 9.14. The molecule has 1 rings (SSSR count). The highest BCUT2D eigenvalue weighted by Crippen LogP contribution is 2.24. The lowest BCUT2D eigenvalue weighted by molar-refractivity contribution is -0.125. The number of carbonyl (C=O) groups is 1. The van der Waals surface area contributed by atoms with Crippen molar-refractivity contribution in [3.63, 3.8) is 0 Å². The van der Waals surface area contributed by atoms with Gasteiger partial charge in [0.15, 0.2) is 5.78 Å². The van der Waals surface area contributed by atoms with Crippen molar-refractivity contribution >= 4 is 5.78 Å². The maximum atomic E-state index is 11.4. The highest BCUT2D eigenvalue weighted by Gasteiger charge is 2.31. The second-order valence-electron chi connectivity index (χ2n) is 3.56. The molecule has 12 heavy (non-hydrogen) atoms. The van der Waals surface area contributed by atoms with Crippen LogP contribution in [0.2, 0.25) is 0 Å². The molecule has 0 N–H and O–H groups in total. The van der Waals surface area contributed by atoms with Gasteiger partial charge in [0.25, 0.3) is 0 Å². The van der Waals surface area contributed by atoms with Crippen LogP contribution in [0.5, 0.6) is 0 Å². The Bertz CT molecular complexity index is 194. The summed E-state index contributed by atoms with van der Waals surface area (Å²) in [5, 5.41) is 0. The van der Waals surface area contributed by atoms with Gasteiger partial charge in [0.1, 0.15) is 6.10 Å². The Morgan fingerprint density at radius 3 is 2.67 bits per heavy atom. The molecule has 0 saturated heterocycles. The zero-order valence-electron chi connectivity index (χ0n) is 7.91. The van der Waals surface area contributed by atoms with E-state index >= 15 is 0 Å². The lowest BCUT2D eigenvalue weighted by Gasteiger charge is -2.29. The Balaban J connectivity index is 2.74. The summed E-state index contributed by atoms with van der Waals surface area (Å²) < 4.78 is 5.41. The summed E-state index contributed by atoms with van der Waals surface area (Å²) in [6.07, 6.45) is 4.01. The van der Waals surface area contributed by atoms with E-state index < -0.39 is 0 Å². The molecule has 0 bridgehead atoms. The van der Waals surface area contributed by atoms with Crippen LogP contribution in [0.25, 0.3) is 0 Å². The van der Waals surface area contributed by atoms with E-state index in [9.17, 15) is 4.79 Å². The number of hydrogen-bond acceptors (Lipinski definition) is 2. The standard InChI is InChI=1S/C10H16O2/c1-4-8-9(11)5-6-12-10(8)7(2)3/h5-8,10H,4H2,1-3H3/t8-,10+/m1/s1. The first-order valence-corrected chi connectivity index (χ1v) is 4.52. The maximum Gasteiger partial charge on any atom is 0.165 e. The summed E-state index contributed by atoms with van der Waals surface area (Å²) >= 11 is 0. The Kier molecular flexibility index (Phi) is 2.90. The lowest BCUT2D eigenvalue weighted by Crippen LogP contribution is -2.35. The van der Waals surface area contributed by atoms with Gasteiger partial charge in [-0.2, -0.15) is 0 Å². The quantitative estimate of drug-likeness (QED) is 0.631. The van der Waals surface area contributed by atoms with Crippen LogP contribution in [0.15, 0.2) is 12.3 Å². The van der Waals surface area contributed by atoms with E-state index in [-0.39, 0.29) is 17.8 Å². The van der Waals surface area contributed by atoms with Gasteiger partial charge in [-0.3, -0.25) is 4.79 Å². The first kappa shape index (κ1) is 9.30. The summed E-state index contributed by atoms with van der Waals surface area (Å²) in [6.45, 7) is 6.19. The van der Waals surface area contributed by atoms with E-state index in [1.807, 2.05) is 6.92 Å². The molecule has 1 heterocycles. The number of hydrogen-bond donors (Lipinski definition) is 0. The average molecular weight is 168 g/mol. The first-order chi connectivity index (χ1) is 5.66. The van der Waals surface area contributed by atoms with Gasteiger partial charge in [-0.1, -0.05) is 20.8 Å². The van der Waals surface area contributed by atoms with Crippen molar-refractivity contribution in [2.24, 2.45) is 11.8 Å². The average Bonchev–Trinajstić information content (AvgIpc) is 2.03. The first-order valence-electron chi connectivity index (χ1n) is 4.52. The number of allylic oxidation sites excluding steroid dienone is 1. The molecule has 0 saturated carbocycles. The SMILES string of the molecule is CC[C@@H]1C(=O)C=CO[C@H]1C(C)C. The molecule has 2 nitrogen and oxygen atoms in total. The molecule has 0 fully saturated rings. The molecule has 1 aliphatic rings. The van der Waals surface area contributed by atoms with Crippen LogP contribution in [0.4, 0.5) is 0 Å². The van der Waals surface area contributed by atoms with Crippen LogP contribution in [0.3, 0.4) is 0 Å². The minimum absolute atomic E-state index is 0.0648. The van der Waals surface area contributed by atoms with E-state index in [2.05, 4.69) is 13.8 Å². The second kappa shape index (κ2) is 3.74. The molecule has 0 aromatic heterocycles. The van der Waals surface area contributed by atoms with Crippen LogP contribution in [0.1, 0.15) is 27.2 Å². The van der Waals surface area contributed by atoms with E-state index in [4.69, 9.17) is 4.74 Å². The van der Waals surface area contributed by atoms with Gasteiger partial charge < -0.3 is 4.74 Å². The van der Waals surface area contributed by atoms with Crippen LogP contribution in [0, 0.1) is 11.8 Å². The van der Waals surface area contributed by atoms with Gasteiger partial charge in [0, 0.05) is 6.08 Å². The van der Waals surface area contributed by atoms with Crippen LogP contribution in [-0.2, 0) is 9.53 Å². The Morgan fingerprint density at radius 2 is 2.25 bits per heavy atom. The third-order valence-corrected chi connectivity index (χ3v) is 2.33. The molecule has 2 atom stereocenters. The molecular weight excluding hydrogens is 152 g/mol. The van der Waals surface area contributed by atoms with Crippen molar-refractivity contribution in [2.45, 2.75) is 33.3 Å². The van der Waals surface area contributed by atoms with Gasteiger partial charge in [0.05, 0.1) is 12.2 Å². The molecule has 2 heteroatoms. The molecule has 0 radical (unpaired) electrons. The van der Waals surface area contributed by atoms with Gasteiger partial charge in [-0.25, -0.2) is 0 Å². The number of rotatable bonds is 2. The predicted molar refractivity (Wildman–Crippen MR) is 47.6 cm³/mol. The van der Waals surface area contributed by atoms with E-state index in [1.54, 1.807) is 0 Å². The second-order valence-corrected chi connectivity index (χ2v) is 3.56. The molecule has 0 aliphatic carbocycles. The molecule has 0 aromatic rings. The summed E-state index contributed by atoms with van der Waals surface area (Å²) in [4.78, 5) is 11.4. The van der Waals surface area contributed by atoms with E-state index in [0.29, 0.717) is 5.92 Å². The van der Waals surface area contributed by atoms with Crippen molar-refractivity contribution in [3.8, 4) is 0 Å². The molecule has 1 aliphatic heterocycles. The monoisotopic (exact) mass is 168 g/mol. The fraction of sp³-hybridized carbons (Fsp3) is 0.700. The van der Waals surface area contributed by atoms with Crippen molar-refractivity contribution in [2.75, 3.05) is 0 Å². The molecular formula is C10H16O2. The van der Waals surface area contributed by atoms with Crippen LogP contribution >= 0.6 is 0 Å². The van der Waals surface area contributed by atoms with Gasteiger partial charge >= 0.3 is 0 Å². The van der Waals surface area contributed by atoms with Gasteiger partial charge in [-0.15, -0.1) is 0 Å². The summed E-state index contributed by atoms with van der Waals surface area (Å²) in [7, 11) is 0. The topological polar surface area (TPSA) is 26.3 Å². The van der Waals surface area contributed by atoms with Gasteiger partial charge in [-0.05, 0) is 12.3 Å². The number of ether oxygens (including phenoxy) is 1. The number of carbonyl (C=O) groups excluding carboxylic acids is 1. The highest BCUT2D eigenvalue weighted by atomic mass is 16.5. The Morgan fingerprint density at radius 1 is 1.58 bits per heavy atom. The predicted octanol–water partition coefficient (Wildman–Crippen LogP) is 2.15. The zero-order valence-corrected chi connectivity index (χ0v) is 7.91. The van der Waals surface area contributed by atoms with Crippen molar-refractivity contribution in [1.29, 1.82) is 0 Å². The summed E-state index contributed by atoms with van der Waals surface area (Å²) in [6, 6.07) is 0. The van der Waals surface area contributed by atoms with Crippen LogP contribution in [-0.4, -0.2) is 11.9 Å². The normalized spacial score (nSPS) is 29.2. The third kappa shape index (κ3) is 1.68. The van der Waals surface area contributed by atoms with Crippen LogP contribution < -0.4 is 0 Å². The fourth-order valence-corrected chi connectivity index (χ4v) is 1.63. The molecule has 0 unspecified atom stereocenters. The van der Waals surface area contributed by atoms with Gasteiger partial charge in [0.2, 0.25) is 0 Å². The Labute approximate surface area is 73.6 Å². The summed E-state index contributed by atoms with van der Waals surface area (Å²) in [5.74, 6) is 0.682. The summed E-state index contributed by atoms with van der Waals surface area (Å²) in [5.41, 5.74) is 0. The van der Waals surface area contributed by atoms with Crippen molar-refractivity contribution < 1.29 is 9.53 Å². The van der Waals surface area contributed by atoms with Crippen molar-refractivity contribution in [1.82, 2.24) is 0 Å². The lowest BCUT2D eigenvalue weighted by atomic mass is 9.86. The molecule has 0 spiro atoms. The number of ketones is 1. The molecule has 0 aromatic carbocycles. The van der Waals surface area contributed by atoms with E-state index in [0.717, 1.165) is 6.42 Å². The molecule has 68 valence electrons. The minimum Gasteiger partial charge on any atom is -0.497 e. The highest BCUT2D eigenvalue weighted by molar-refractivity contribution is 5.92. The van der Waals surface area contributed by atoms with E-state index in [1.165, 1.54) is 12.3 Å². The Hall–Kier alpha value is -0.790. The fourth-order valence-electron chi connectivity index (χ4n) is 1.63. The minimum atomic E-state index is 0.0648. The third-order valence-electron chi connectivity index (χ3n) is 2.33. The molecule has 0 amide bonds. The smallest absolute Gasteiger partial charge is 0.165 e.